The quantitative estimate of drug-likeness (QED) is 0.733. The third kappa shape index (κ3) is 2.30. The third-order valence-corrected chi connectivity index (χ3v) is 6.04. The highest BCUT2D eigenvalue weighted by atomic mass is 32.1. The van der Waals surface area contributed by atoms with Crippen molar-refractivity contribution >= 4 is 16.3 Å². The van der Waals surface area contributed by atoms with Gasteiger partial charge in [-0.3, -0.25) is 4.40 Å². The minimum atomic E-state index is 0.676. The van der Waals surface area contributed by atoms with E-state index in [1.54, 1.807) is 0 Å². The molecule has 3 heteroatoms. The largest absolute Gasteiger partial charge is 0.285 e. The topological polar surface area (TPSA) is 17.3 Å². The molecule has 2 fully saturated rings. The summed E-state index contributed by atoms with van der Waals surface area (Å²) >= 11 is 1.81. The van der Waals surface area contributed by atoms with Crippen LogP contribution in [0.2, 0.25) is 0 Å². The van der Waals surface area contributed by atoms with Crippen molar-refractivity contribution in [3.63, 3.8) is 0 Å². The molecule has 4 rings (SSSR count). The Kier molecular flexibility index (Phi) is 3.55. The van der Waals surface area contributed by atoms with Crippen molar-refractivity contribution < 1.29 is 0 Å². The first-order valence-electron chi connectivity index (χ1n) is 8.31. The number of hydrogen-bond acceptors (Lipinski definition) is 2. The highest BCUT2D eigenvalue weighted by Crippen LogP contribution is 2.37. The average Bonchev–Trinajstić information content (AvgIpc) is 3.09. The molecule has 2 aromatic rings. The van der Waals surface area contributed by atoms with Crippen LogP contribution in [-0.4, -0.2) is 9.38 Å². The maximum absolute atomic E-state index is 4.88. The fourth-order valence-electron chi connectivity index (χ4n) is 4.00. The molecular weight excluding hydrogens is 264 g/mol. The van der Waals surface area contributed by atoms with E-state index in [4.69, 9.17) is 4.98 Å². The lowest BCUT2D eigenvalue weighted by atomic mass is 9.87. The van der Waals surface area contributed by atoms with Gasteiger partial charge in [-0.05, 0) is 25.7 Å². The second-order valence-corrected chi connectivity index (χ2v) is 7.39. The van der Waals surface area contributed by atoms with Gasteiger partial charge in [0.15, 0.2) is 4.96 Å². The second-order valence-electron chi connectivity index (χ2n) is 6.56. The standard InChI is InChI=1S/C17H23N2S/c1-3-7-13(8-4-1)15-11-19-16(12-20-17(19)18-15)14-9-5-2-6-10-14/h12-14H,1-10H2. The summed E-state index contributed by atoms with van der Waals surface area (Å²) in [5, 5.41) is 2.33. The summed E-state index contributed by atoms with van der Waals surface area (Å²) in [6, 6.07) is 0. The number of nitrogens with zero attached hydrogens (tertiary/aromatic N) is 2. The summed E-state index contributed by atoms with van der Waals surface area (Å²) in [4.78, 5) is 6.05. The van der Waals surface area contributed by atoms with Crippen molar-refractivity contribution in [1.82, 2.24) is 9.38 Å². The molecule has 2 saturated carbocycles. The van der Waals surface area contributed by atoms with Crippen molar-refractivity contribution in [1.29, 1.82) is 0 Å². The van der Waals surface area contributed by atoms with Gasteiger partial charge in [0.05, 0.1) is 11.9 Å². The number of hydrogen-bond donors (Lipinski definition) is 0. The Hall–Kier alpha value is -0.830. The molecule has 20 heavy (non-hydrogen) atoms. The average molecular weight is 287 g/mol. The highest BCUT2D eigenvalue weighted by Gasteiger charge is 2.23. The van der Waals surface area contributed by atoms with E-state index in [0.29, 0.717) is 5.92 Å². The second kappa shape index (κ2) is 5.51. The maximum atomic E-state index is 4.88. The smallest absolute Gasteiger partial charge is 0.194 e. The Morgan fingerprint density at radius 2 is 1.60 bits per heavy atom. The van der Waals surface area contributed by atoms with Crippen LogP contribution in [0.1, 0.15) is 87.4 Å². The van der Waals surface area contributed by atoms with Gasteiger partial charge in [-0.15, -0.1) is 11.3 Å². The Morgan fingerprint density at radius 3 is 2.30 bits per heavy atom. The molecule has 2 aliphatic rings. The zero-order valence-corrected chi connectivity index (χ0v) is 12.9. The fourth-order valence-corrected chi connectivity index (χ4v) is 4.93. The van der Waals surface area contributed by atoms with Crippen LogP contribution >= 0.6 is 11.3 Å². The van der Waals surface area contributed by atoms with Gasteiger partial charge in [0.2, 0.25) is 0 Å². The van der Waals surface area contributed by atoms with Crippen LogP contribution in [0.15, 0.2) is 5.38 Å². The Balaban J connectivity index is 1.63. The molecule has 0 saturated heterocycles. The Bertz CT molecular complexity index is 571. The molecule has 0 atom stereocenters. The van der Waals surface area contributed by atoms with Crippen LogP contribution < -0.4 is 0 Å². The first kappa shape index (κ1) is 12.9. The van der Waals surface area contributed by atoms with Gasteiger partial charge in [-0.1, -0.05) is 38.5 Å². The zero-order chi connectivity index (χ0) is 13.4. The fraction of sp³-hybridized carbons (Fsp3) is 0.706. The summed E-state index contributed by atoms with van der Waals surface area (Å²) in [5.74, 6) is 1.43. The SMILES string of the molecule is [c]1c(C2CCCCC2)nc2scc(C3CCCCC3)n12. The van der Waals surface area contributed by atoms with Gasteiger partial charge >= 0.3 is 0 Å². The lowest BCUT2D eigenvalue weighted by molar-refractivity contribution is 0.432. The van der Waals surface area contributed by atoms with Crippen molar-refractivity contribution in [2.75, 3.05) is 0 Å². The first-order chi connectivity index (χ1) is 9.92. The van der Waals surface area contributed by atoms with Crippen LogP contribution in [0.4, 0.5) is 0 Å². The van der Waals surface area contributed by atoms with Gasteiger partial charge < -0.3 is 0 Å². The molecule has 2 heterocycles. The lowest BCUT2D eigenvalue weighted by Gasteiger charge is -2.21. The molecule has 107 valence electrons. The summed E-state index contributed by atoms with van der Waals surface area (Å²) in [6.45, 7) is 0. The lowest BCUT2D eigenvalue weighted by Crippen LogP contribution is -2.07. The predicted octanol–water partition coefficient (Wildman–Crippen LogP) is 5.29. The molecule has 2 aromatic heterocycles. The van der Waals surface area contributed by atoms with Gasteiger partial charge in [0.1, 0.15) is 0 Å². The highest BCUT2D eigenvalue weighted by molar-refractivity contribution is 7.15. The number of rotatable bonds is 2. The van der Waals surface area contributed by atoms with Crippen LogP contribution in [0.5, 0.6) is 0 Å². The molecule has 0 N–H and O–H groups in total. The minimum Gasteiger partial charge on any atom is -0.285 e. The summed E-state index contributed by atoms with van der Waals surface area (Å²) < 4.78 is 2.30. The molecule has 0 spiro atoms. The number of aromatic nitrogens is 2. The minimum absolute atomic E-state index is 0.676. The van der Waals surface area contributed by atoms with E-state index >= 15 is 0 Å². The number of imidazole rings is 1. The van der Waals surface area contributed by atoms with E-state index in [1.165, 1.54) is 80.6 Å². The summed E-state index contributed by atoms with van der Waals surface area (Å²) in [7, 11) is 0. The van der Waals surface area contributed by atoms with E-state index in [9.17, 15) is 0 Å². The molecule has 0 aliphatic heterocycles. The van der Waals surface area contributed by atoms with Crippen molar-refractivity contribution in [3.05, 3.63) is 23.0 Å². The number of fused-ring (bicyclic) bond motifs is 1. The van der Waals surface area contributed by atoms with Crippen LogP contribution in [-0.2, 0) is 0 Å². The normalized spacial score (nSPS) is 22.6. The van der Waals surface area contributed by atoms with E-state index in [0.717, 1.165) is 5.92 Å². The third-order valence-electron chi connectivity index (χ3n) is 5.19. The van der Waals surface area contributed by atoms with Crippen LogP contribution in [0.25, 0.3) is 4.96 Å². The summed E-state index contributed by atoms with van der Waals surface area (Å²) in [6.07, 6.45) is 17.4. The summed E-state index contributed by atoms with van der Waals surface area (Å²) in [5.41, 5.74) is 2.73. The molecule has 1 radical (unpaired) electrons. The molecule has 2 nitrogen and oxygen atoms in total. The van der Waals surface area contributed by atoms with E-state index in [2.05, 4.69) is 16.0 Å². The molecular formula is C17H23N2S. The van der Waals surface area contributed by atoms with Gasteiger partial charge in [-0.2, -0.15) is 0 Å². The maximum Gasteiger partial charge on any atom is 0.194 e. The first-order valence-corrected chi connectivity index (χ1v) is 9.19. The molecule has 0 unspecified atom stereocenters. The van der Waals surface area contributed by atoms with E-state index in [1.807, 2.05) is 11.3 Å². The monoisotopic (exact) mass is 287 g/mol. The van der Waals surface area contributed by atoms with Crippen molar-refractivity contribution in [3.8, 4) is 0 Å². The molecule has 0 amide bonds. The van der Waals surface area contributed by atoms with Gasteiger partial charge in [0.25, 0.3) is 0 Å². The van der Waals surface area contributed by atoms with Crippen molar-refractivity contribution in [2.45, 2.75) is 76.0 Å². The van der Waals surface area contributed by atoms with Crippen LogP contribution in [0, 0.1) is 6.20 Å². The van der Waals surface area contributed by atoms with Crippen LogP contribution in [0.3, 0.4) is 0 Å². The van der Waals surface area contributed by atoms with Gasteiger partial charge in [0, 0.05) is 22.9 Å². The van der Waals surface area contributed by atoms with E-state index in [-0.39, 0.29) is 0 Å². The predicted molar refractivity (Wildman–Crippen MR) is 83.6 cm³/mol. The molecule has 0 aromatic carbocycles. The number of thiazole rings is 1. The van der Waals surface area contributed by atoms with E-state index < -0.39 is 0 Å². The Morgan fingerprint density at radius 1 is 0.950 bits per heavy atom. The van der Waals surface area contributed by atoms with Crippen molar-refractivity contribution in [2.24, 2.45) is 0 Å². The molecule has 0 bridgehead atoms. The Labute approximate surface area is 125 Å². The molecule has 2 aliphatic carbocycles. The van der Waals surface area contributed by atoms with Gasteiger partial charge in [-0.25, -0.2) is 4.98 Å². The zero-order valence-electron chi connectivity index (χ0n) is 12.1.